The van der Waals surface area contributed by atoms with E-state index in [0.29, 0.717) is 6.42 Å². The normalized spacial score (nSPS) is 12.7. The molecule has 1 heterocycles. The highest BCUT2D eigenvalue weighted by Gasteiger charge is 2.10. The minimum atomic E-state index is -0.323. The summed E-state index contributed by atoms with van der Waals surface area (Å²) in [6, 6.07) is 18.4. The van der Waals surface area contributed by atoms with Crippen LogP contribution in [0, 0.1) is 0 Å². The van der Waals surface area contributed by atoms with E-state index in [9.17, 15) is 5.11 Å². The first-order valence-corrected chi connectivity index (χ1v) is 7.69. The molecule has 0 bridgehead atoms. The van der Waals surface area contributed by atoms with Crippen molar-refractivity contribution in [1.29, 1.82) is 0 Å². The minimum absolute atomic E-state index is 0.323. The third kappa shape index (κ3) is 3.24. The number of hydrogen-bond donors (Lipinski definition) is 1. The number of benzene rings is 2. The number of aliphatic hydroxyl groups excluding tert-OH is 1. The number of rotatable bonds is 5. The van der Waals surface area contributed by atoms with Crippen molar-refractivity contribution in [1.82, 2.24) is 4.98 Å². The van der Waals surface area contributed by atoms with Crippen LogP contribution in [-0.4, -0.2) is 16.2 Å². The lowest BCUT2D eigenvalue weighted by atomic mass is 10.1. The molecule has 0 radical (unpaired) electrons. The van der Waals surface area contributed by atoms with Gasteiger partial charge < -0.3 is 5.11 Å². The second-order valence-electron chi connectivity index (χ2n) is 4.96. The highest BCUT2D eigenvalue weighted by Crippen LogP contribution is 2.23. The van der Waals surface area contributed by atoms with Gasteiger partial charge in [0, 0.05) is 6.42 Å². The molecular formula is C17H17NOS. The molecule has 102 valence electrons. The first-order valence-electron chi connectivity index (χ1n) is 6.88. The molecule has 3 heteroatoms. The molecule has 3 aromatic rings. The SMILES string of the molecule is OC(CCc1ccccc1)Cc1nc2ccccc2s1. The van der Waals surface area contributed by atoms with Crippen LogP contribution in [-0.2, 0) is 12.8 Å². The van der Waals surface area contributed by atoms with E-state index in [4.69, 9.17) is 0 Å². The summed E-state index contributed by atoms with van der Waals surface area (Å²) in [5, 5.41) is 11.2. The molecule has 1 unspecified atom stereocenters. The van der Waals surface area contributed by atoms with Gasteiger partial charge in [-0.15, -0.1) is 11.3 Å². The smallest absolute Gasteiger partial charge is 0.0964 e. The molecule has 0 saturated carbocycles. The Morgan fingerprint density at radius 3 is 2.55 bits per heavy atom. The Labute approximate surface area is 122 Å². The molecule has 3 rings (SSSR count). The van der Waals surface area contributed by atoms with Crippen molar-refractivity contribution in [3.63, 3.8) is 0 Å². The van der Waals surface area contributed by atoms with Crippen LogP contribution >= 0.6 is 11.3 Å². The van der Waals surface area contributed by atoms with Gasteiger partial charge in [0.1, 0.15) is 0 Å². The van der Waals surface area contributed by atoms with Gasteiger partial charge in [-0.25, -0.2) is 4.98 Å². The van der Waals surface area contributed by atoms with E-state index in [0.717, 1.165) is 23.4 Å². The minimum Gasteiger partial charge on any atom is -0.393 e. The first-order chi connectivity index (χ1) is 9.81. The summed E-state index contributed by atoms with van der Waals surface area (Å²) in [6.45, 7) is 0. The topological polar surface area (TPSA) is 33.1 Å². The van der Waals surface area contributed by atoms with Gasteiger partial charge in [-0.2, -0.15) is 0 Å². The number of para-hydroxylation sites is 1. The summed E-state index contributed by atoms with van der Waals surface area (Å²) in [6.07, 6.45) is 2.01. The quantitative estimate of drug-likeness (QED) is 0.772. The Hall–Kier alpha value is -1.71. The molecular weight excluding hydrogens is 266 g/mol. The third-order valence-corrected chi connectivity index (χ3v) is 4.42. The number of aliphatic hydroxyl groups is 1. The first kappa shape index (κ1) is 13.3. The second kappa shape index (κ2) is 6.16. The molecule has 0 aliphatic heterocycles. The van der Waals surface area contributed by atoms with Crippen molar-refractivity contribution in [2.75, 3.05) is 0 Å². The van der Waals surface area contributed by atoms with Crippen LogP contribution in [0.1, 0.15) is 17.0 Å². The number of fused-ring (bicyclic) bond motifs is 1. The Morgan fingerprint density at radius 2 is 1.75 bits per heavy atom. The van der Waals surface area contributed by atoms with Crippen molar-refractivity contribution in [2.24, 2.45) is 0 Å². The molecule has 0 aliphatic carbocycles. The molecule has 1 aromatic heterocycles. The number of nitrogens with zero attached hydrogens (tertiary/aromatic N) is 1. The van der Waals surface area contributed by atoms with E-state index < -0.39 is 0 Å². The average molecular weight is 283 g/mol. The Bertz CT molecular complexity index is 645. The number of hydrogen-bond acceptors (Lipinski definition) is 3. The maximum Gasteiger partial charge on any atom is 0.0964 e. The highest BCUT2D eigenvalue weighted by atomic mass is 32.1. The Balaban J connectivity index is 1.59. The molecule has 0 spiro atoms. The van der Waals surface area contributed by atoms with Gasteiger partial charge in [0.2, 0.25) is 0 Å². The molecule has 1 N–H and O–H groups in total. The van der Waals surface area contributed by atoms with Crippen molar-refractivity contribution in [3.05, 3.63) is 65.2 Å². The molecule has 0 saturated heterocycles. The molecule has 0 fully saturated rings. The van der Waals surface area contributed by atoms with Crippen molar-refractivity contribution < 1.29 is 5.11 Å². The Kier molecular flexibility index (Phi) is 4.09. The fourth-order valence-electron chi connectivity index (χ4n) is 2.29. The van der Waals surface area contributed by atoms with Gasteiger partial charge in [0.25, 0.3) is 0 Å². The van der Waals surface area contributed by atoms with Crippen LogP contribution < -0.4 is 0 Å². The molecule has 1 atom stereocenters. The van der Waals surface area contributed by atoms with Gasteiger partial charge in [0.15, 0.2) is 0 Å². The van der Waals surface area contributed by atoms with Crippen molar-refractivity contribution >= 4 is 21.6 Å². The van der Waals surface area contributed by atoms with E-state index in [1.165, 1.54) is 10.3 Å². The fraction of sp³-hybridized carbons (Fsp3) is 0.235. The van der Waals surface area contributed by atoms with Gasteiger partial charge in [-0.3, -0.25) is 0 Å². The molecule has 0 amide bonds. The number of aromatic nitrogens is 1. The summed E-state index contributed by atoms with van der Waals surface area (Å²) < 4.78 is 1.19. The average Bonchev–Trinajstić information content (AvgIpc) is 2.88. The maximum absolute atomic E-state index is 10.2. The zero-order valence-corrected chi connectivity index (χ0v) is 12.0. The summed E-state index contributed by atoms with van der Waals surface area (Å²) in [5.74, 6) is 0. The summed E-state index contributed by atoms with van der Waals surface area (Å²) in [7, 11) is 0. The van der Waals surface area contributed by atoms with Crippen molar-refractivity contribution in [2.45, 2.75) is 25.4 Å². The van der Waals surface area contributed by atoms with Crippen LogP contribution in [0.2, 0.25) is 0 Å². The van der Waals surface area contributed by atoms with Crippen LogP contribution in [0.4, 0.5) is 0 Å². The lowest BCUT2D eigenvalue weighted by Gasteiger charge is -2.08. The summed E-state index contributed by atoms with van der Waals surface area (Å²) in [4.78, 5) is 4.57. The highest BCUT2D eigenvalue weighted by molar-refractivity contribution is 7.18. The lowest BCUT2D eigenvalue weighted by Crippen LogP contribution is -2.11. The van der Waals surface area contributed by atoms with E-state index in [-0.39, 0.29) is 6.10 Å². The van der Waals surface area contributed by atoms with Gasteiger partial charge in [0.05, 0.1) is 21.3 Å². The standard InChI is InChI=1S/C17H17NOS/c19-14(11-10-13-6-2-1-3-7-13)12-17-18-15-8-4-5-9-16(15)20-17/h1-9,14,19H,10-12H2. The van der Waals surface area contributed by atoms with E-state index in [2.05, 4.69) is 23.2 Å². The molecule has 2 nitrogen and oxygen atoms in total. The van der Waals surface area contributed by atoms with Crippen LogP contribution in [0.15, 0.2) is 54.6 Å². The molecule has 2 aromatic carbocycles. The fourth-order valence-corrected chi connectivity index (χ4v) is 3.33. The predicted molar refractivity (Wildman–Crippen MR) is 84.1 cm³/mol. The van der Waals surface area contributed by atoms with Crippen LogP contribution in [0.25, 0.3) is 10.2 Å². The van der Waals surface area contributed by atoms with Gasteiger partial charge >= 0.3 is 0 Å². The van der Waals surface area contributed by atoms with E-state index in [1.807, 2.05) is 36.4 Å². The number of thiazole rings is 1. The van der Waals surface area contributed by atoms with Crippen molar-refractivity contribution in [3.8, 4) is 0 Å². The monoisotopic (exact) mass is 283 g/mol. The zero-order chi connectivity index (χ0) is 13.8. The van der Waals surface area contributed by atoms with Crippen LogP contribution in [0.3, 0.4) is 0 Å². The third-order valence-electron chi connectivity index (χ3n) is 3.36. The summed E-state index contributed by atoms with van der Waals surface area (Å²) >= 11 is 1.68. The van der Waals surface area contributed by atoms with Gasteiger partial charge in [-0.1, -0.05) is 42.5 Å². The maximum atomic E-state index is 10.2. The largest absolute Gasteiger partial charge is 0.393 e. The summed E-state index contributed by atoms with van der Waals surface area (Å²) in [5.41, 5.74) is 2.30. The Morgan fingerprint density at radius 1 is 1.00 bits per heavy atom. The lowest BCUT2D eigenvalue weighted by molar-refractivity contribution is 0.165. The van der Waals surface area contributed by atoms with Gasteiger partial charge in [-0.05, 0) is 30.5 Å². The van der Waals surface area contributed by atoms with E-state index in [1.54, 1.807) is 11.3 Å². The van der Waals surface area contributed by atoms with Crippen LogP contribution in [0.5, 0.6) is 0 Å². The molecule has 20 heavy (non-hydrogen) atoms. The zero-order valence-electron chi connectivity index (χ0n) is 11.2. The second-order valence-corrected chi connectivity index (χ2v) is 6.07. The number of aryl methyl sites for hydroxylation is 1. The molecule has 0 aliphatic rings. The predicted octanol–water partition coefficient (Wildman–Crippen LogP) is 3.83. The van der Waals surface area contributed by atoms with E-state index >= 15 is 0 Å².